The average Bonchev–Trinajstić information content (AvgIpc) is 3.48. The van der Waals surface area contributed by atoms with Gasteiger partial charge >= 0.3 is 0 Å². The van der Waals surface area contributed by atoms with E-state index >= 15 is 0 Å². The molecule has 0 aromatic heterocycles. The summed E-state index contributed by atoms with van der Waals surface area (Å²) >= 11 is 0. The van der Waals surface area contributed by atoms with Crippen LogP contribution in [-0.4, -0.2) is 113 Å². The van der Waals surface area contributed by atoms with Gasteiger partial charge in [-0.2, -0.15) is 0 Å². The minimum Gasteiger partial charge on any atom is -0.394 e. The first-order valence-corrected chi connectivity index (χ1v) is 14.0. The van der Waals surface area contributed by atoms with Gasteiger partial charge in [0.15, 0.2) is 18.9 Å². The summed E-state index contributed by atoms with van der Waals surface area (Å²) in [7, 11) is 0. The fraction of sp³-hybridized carbons (Fsp3) is 1.00. The highest BCUT2D eigenvalue weighted by atomic mass is 16.7. The number of nitrogens with two attached hydrogens (primary N) is 4. The zero-order valence-corrected chi connectivity index (χ0v) is 22.1. The molecular weight excluding hydrogens is 500 g/mol. The predicted octanol–water partition coefficient (Wildman–Crippen LogP) is -2.14. The second-order valence-electron chi connectivity index (χ2n) is 11.5. The zero-order chi connectivity index (χ0) is 27.4. The predicted molar refractivity (Wildman–Crippen MR) is 135 cm³/mol. The third-order valence-corrected chi connectivity index (χ3v) is 8.28. The molecule has 2 aliphatic carbocycles. The van der Waals surface area contributed by atoms with E-state index in [1.165, 1.54) is 0 Å². The van der Waals surface area contributed by atoms with Gasteiger partial charge in [-0.25, -0.2) is 0 Å². The summed E-state index contributed by atoms with van der Waals surface area (Å²) in [5, 5.41) is 36.5. The molecule has 3 saturated heterocycles. The highest BCUT2D eigenvalue weighted by Gasteiger charge is 2.49. The topological polar surface area (TPSA) is 231 Å². The molecule has 5 aliphatic rings. The van der Waals surface area contributed by atoms with Crippen molar-refractivity contribution in [3.63, 3.8) is 0 Å². The summed E-state index contributed by atoms with van der Waals surface area (Å²) in [4.78, 5) is 0. The molecule has 38 heavy (non-hydrogen) atoms. The summed E-state index contributed by atoms with van der Waals surface area (Å²) in [5.74, 6) is 0. The highest BCUT2D eigenvalue weighted by molar-refractivity contribution is 5.06. The van der Waals surface area contributed by atoms with Crippen molar-refractivity contribution in [1.82, 2.24) is 0 Å². The van der Waals surface area contributed by atoms with E-state index in [0.717, 1.165) is 44.9 Å². The minimum absolute atomic E-state index is 0.0151. The van der Waals surface area contributed by atoms with Crippen molar-refractivity contribution < 1.29 is 44.1 Å². The first kappa shape index (κ1) is 30.4. The second-order valence-corrected chi connectivity index (χ2v) is 11.5. The van der Waals surface area contributed by atoms with Gasteiger partial charge in [-0.05, 0) is 51.4 Å². The van der Waals surface area contributed by atoms with E-state index in [1.807, 2.05) is 0 Å². The monoisotopic (exact) mass is 548 g/mol. The molecule has 0 aromatic carbocycles. The Morgan fingerprint density at radius 1 is 0.868 bits per heavy atom. The Balaban J connectivity index is 0.000000257. The van der Waals surface area contributed by atoms with Crippen molar-refractivity contribution in [1.29, 1.82) is 0 Å². The first-order chi connectivity index (χ1) is 18.1. The van der Waals surface area contributed by atoms with Crippen molar-refractivity contribution in [3.8, 4) is 0 Å². The Kier molecular flexibility index (Phi) is 10.8. The van der Waals surface area contributed by atoms with E-state index < -0.39 is 24.6 Å². The summed E-state index contributed by atoms with van der Waals surface area (Å²) in [5.41, 5.74) is 24.0. The lowest BCUT2D eigenvalue weighted by molar-refractivity contribution is -0.265. The quantitative estimate of drug-likeness (QED) is 0.170. The third-order valence-electron chi connectivity index (χ3n) is 8.28. The lowest BCUT2D eigenvalue weighted by Gasteiger charge is -2.43. The largest absolute Gasteiger partial charge is 0.394 e. The molecule has 0 bridgehead atoms. The van der Waals surface area contributed by atoms with Crippen LogP contribution in [0.1, 0.15) is 64.2 Å². The Hall–Kier alpha value is -0.520. The normalized spacial score (nSPS) is 46.7. The lowest BCUT2D eigenvalue weighted by Crippen LogP contribution is -2.57. The Morgan fingerprint density at radius 3 is 2.26 bits per heavy atom. The number of hydrogen-bond acceptors (Lipinski definition) is 13. The summed E-state index contributed by atoms with van der Waals surface area (Å²) in [6, 6.07) is -0.218. The van der Waals surface area contributed by atoms with Gasteiger partial charge in [0.25, 0.3) is 0 Å². The second kappa shape index (κ2) is 13.4. The molecule has 12 N–H and O–H groups in total. The van der Waals surface area contributed by atoms with Crippen LogP contribution in [0.3, 0.4) is 0 Å². The van der Waals surface area contributed by atoms with Crippen LogP contribution < -0.4 is 22.9 Å². The molecule has 5 rings (SSSR count). The number of ether oxygens (including phenoxy) is 5. The maximum absolute atomic E-state index is 9.27. The van der Waals surface area contributed by atoms with Gasteiger partial charge in [-0.3, -0.25) is 0 Å². The molecule has 0 spiro atoms. The summed E-state index contributed by atoms with van der Waals surface area (Å²) in [6.07, 6.45) is 3.10. The van der Waals surface area contributed by atoms with Crippen LogP contribution in [0.5, 0.6) is 0 Å². The maximum Gasteiger partial charge on any atom is 0.158 e. The van der Waals surface area contributed by atoms with Crippen molar-refractivity contribution in [2.75, 3.05) is 13.2 Å². The van der Waals surface area contributed by atoms with Gasteiger partial charge in [-0.1, -0.05) is 0 Å². The van der Waals surface area contributed by atoms with Crippen LogP contribution in [-0.2, 0) is 23.7 Å². The molecule has 0 radical (unpaired) electrons. The van der Waals surface area contributed by atoms with Crippen LogP contribution in [0.2, 0.25) is 0 Å². The van der Waals surface area contributed by atoms with Gasteiger partial charge in [0, 0.05) is 37.0 Å². The molecule has 13 nitrogen and oxygen atoms in total. The van der Waals surface area contributed by atoms with Crippen LogP contribution in [0.4, 0.5) is 0 Å². The van der Waals surface area contributed by atoms with Crippen LogP contribution >= 0.6 is 0 Å². The zero-order valence-electron chi connectivity index (χ0n) is 22.1. The number of aliphatic hydroxyl groups is 4. The number of hydrogen-bond donors (Lipinski definition) is 8. The van der Waals surface area contributed by atoms with Crippen molar-refractivity contribution in [3.05, 3.63) is 0 Å². The van der Waals surface area contributed by atoms with Crippen LogP contribution in [0.15, 0.2) is 0 Å². The van der Waals surface area contributed by atoms with Crippen molar-refractivity contribution in [2.24, 2.45) is 22.9 Å². The molecule has 7 unspecified atom stereocenters. The Morgan fingerprint density at radius 2 is 1.61 bits per heavy atom. The van der Waals surface area contributed by atoms with Crippen LogP contribution in [0, 0.1) is 0 Å². The maximum atomic E-state index is 9.27. The number of aliphatic hydroxyl groups excluding tert-OH is 4. The van der Waals surface area contributed by atoms with Gasteiger partial charge in [0.1, 0.15) is 18.3 Å². The molecule has 222 valence electrons. The Bertz CT molecular complexity index is 735. The molecule has 3 aliphatic heterocycles. The van der Waals surface area contributed by atoms with E-state index in [4.69, 9.17) is 56.8 Å². The third kappa shape index (κ3) is 7.81. The van der Waals surface area contributed by atoms with E-state index in [-0.39, 0.29) is 74.2 Å². The Labute approximate surface area is 224 Å². The van der Waals surface area contributed by atoms with Gasteiger partial charge < -0.3 is 67.0 Å². The lowest BCUT2D eigenvalue weighted by atomic mass is 9.87. The van der Waals surface area contributed by atoms with Gasteiger partial charge in [0.2, 0.25) is 0 Å². The van der Waals surface area contributed by atoms with Gasteiger partial charge in [0.05, 0.1) is 31.0 Å². The molecule has 12 atom stereocenters. The standard InChI is InChI=1S/C19H35N3O5.C6H13NO4/c20-11-8-13(21)18(14(9-11)25-17-5-4-12(10-23)24-17)27-16-3-1-2-15(26-16)19(22)6-7-19;7-2-4-6(10)3(8)1-5(9)11-4/h11-18,23H,1-10,20-22H2;3-6,8-10H,1-2,7H2/t11?,12?,13?,14?,15?,16-,17?,18-;3?,4-,5-,6-/m10/s1. The van der Waals surface area contributed by atoms with Crippen LogP contribution in [0.25, 0.3) is 0 Å². The first-order valence-electron chi connectivity index (χ1n) is 14.0. The van der Waals surface area contributed by atoms with Crippen molar-refractivity contribution >= 4 is 0 Å². The molecule has 13 heteroatoms. The smallest absolute Gasteiger partial charge is 0.158 e. The van der Waals surface area contributed by atoms with E-state index in [0.29, 0.717) is 12.8 Å². The van der Waals surface area contributed by atoms with E-state index in [1.54, 1.807) is 0 Å². The fourth-order valence-corrected chi connectivity index (χ4v) is 5.79. The number of rotatable bonds is 7. The summed E-state index contributed by atoms with van der Waals surface area (Å²) in [6.45, 7) is 0.108. The fourth-order valence-electron chi connectivity index (χ4n) is 5.79. The SMILES string of the molecule is NC1CC(N)[C@@H](O[C@@H]2CCCC(C3(N)CC3)O2)C(OC2CCC(CO)O2)C1.NC[C@@H]1O[C@H](O)CC(O)[C@@H]1O. The molecule has 3 heterocycles. The molecule has 0 amide bonds. The van der Waals surface area contributed by atoms with Crippen molar-refractivity contribution in [2.45, 2.75) is 143 Å². The van der Waals surface area contributed by atoms with E-state index in [9.17, 15) is 10.2 Å². The molecule has 2 saturated carbocycles. The van der Waals surface area contributed by atoms with Gasteiger partial charge in [-0.15, -0.1) is 0 Å². The average molecular weight is 549 g/mol. The summed E-state index contributed by atoms with van der Waals surface area (Å²) < 4.78 is 29.3. The molecular formula is C25H48N4O9. The molecule has 5 fully saturated rings. The highest BCUT2D eigenvalue weighted by Crippen LogP contribution is 2.42. The molecule has 0 aromatic rings. The minimum atomic E-state index is -1.01. The van der Waals surface area contributed by atoms with E-state index in [2.05, 4.69) is 0 Å².